The summed E-state index contributed by atoms with van der Waals surface area (Å²) in [7, 11) is 0. The molecule has 1 atom stereocenters. The molecule has 0 N–H and O–H groups in total. The summed E-state index contributed by atoms with van der Waals surface area (Å²) in [6.45, 7) is 5.02. The third-order valence-corrected chi connectivity index (χ3v) is 7.33. The molecule has 2 amide bonds. The first kappa shape index (κ1) is 22.8. The lowest BCUT2D eigenvalue weighted by molar-refractivity contribution is -0.123. The van der Waals surface area contributed by atoms with E-state index in [2.05, 4.69) is 58.3 Å². The highest BCUT2D eigenvalue weighted by Crippen LogP contribution is 2.32. The van der Waals surface area contributed by atoms with Crippen LogP contribution in [0.4, 0.5) is 5.69 Å². The Morgan fingerprint density at radius 1 is 0.824 bits per heavy atom. The molecule has 0 unspecified atom stereocenters. The normalized spacial score (nSPS) is 19.9. The van der Waals surface area contributed by atoms with Crippen molar-refractivity contribution in [2.75, 3.05) is 31.1 Å². The van der Waals surface area contributed by atoms with E-state index in [9.17, 15) is 9.59 Å². The quantitative estimate of drug-likeness (QED) is 0.504. The molecule has 0 radical (unpaired) electrons. The Bertz CT molecular complexity index is 1140. The summed E-state index contributed by atoms with van der Waals surface area (Å²) >= 11 is 6.25. The molecule has 5 nitrogen and oxygen atoms in total. The number of halogens is 1. The molecular formula is C28H28ClN3O2. The smallest absolute Gasteiger partial charge is 0.251 e. The molecule has 34 heavy (non-hydrogen) atoms. The molecule has 0 aromatic heterocycles. The topological polar surface area (TPSA) is 43.9 Å². The van der Waals surface area contributed by atoms with Gasteiger partial charge in [0.2, 0.25) is 5.91 Å². The number of carbonyl (C=O) groups excluding carboxylic acids is 2. The molecular weight excluding hydrogens is 446 g/mol. The maximum absolute atomic E-state index is 13.3. The van der Waals surface area contributed by atoms with Gasteiger partial charge in [-0.3, -0.25) is 19.4 Å². The number of anilines is 1. The first-order valence-corrected chi connectivity index (χ1v) is 12.1. The molecule has 0 spiro atoms. The van der Waals surface area contributed by atoms with Gasteiger partial charge in [-0.1, -0.05) is 78.3 Å². The molecule has 0 bridgehead atoms. The van der Waals surface area contributed by atoms with E-state index in [1.807, 2.05) is 25.1 Å². The van der Waals surface area contributed by atoms with Crippen molar-refractivity contribution in [3.63, 3.8) is 0 Å². The lowest BCUT2D eigenvalue weighted by Crippen LogP contribution is -2.53. The summed E-state index contributed by atoms with van der Waals surface area (Å²) < 4.78 is 0. The summed E-state index contributed by atoms with van der Waals surface area (Å²) in [5.74, 6) is -0.315. The third kappa shape index (κ3) is 4.39. The molecule has 2 fully saturated rings. The first-order chi connectivity index (χ1) is 16.5. The van der Waals surface area contributed by atoms with Crippen LogP contribution in [0.1, 0.15) is 29.2 Å². The van der Waals surface area contributed by atoms with E-state index in [1.165, 1.54) is 16.0 Å². The van der Waals surface area contributed by atoms with E-state index in [-0.39, 0.29) is 24.3 Å². The first-order valence-electron chi connectivity index (χ1n) is 11.7. The van der Waals surface area contributed by atoms with Crippen LogP contribution in [0.25, 0.3) is 0 Å². The largest absolute Gasteiger partial charge is 0.290 e. The van der Waals surface area contributed by atoms with Gasteiger partial charge in [0.15, 0.2) is 0 Å². The van der Waals surface area contributed by atoms with Crippen molar-refractivity contribution in [2.45, 2.75) is 25.4 Å². The zero-order valence-corrected chi connectivity index (χ0v) is 20.0. The highest BCUT2D eigenvalue weighted by atomic mass is 35.5. The van der Waals surface area contributed by atoms with Gasteiger partial charge in [0.1, 0.15) is 0 Å². The second-order valence-electron chi connectivity index (χ2n) is 9.02. The van der Waals surface area contributed by atoms with E-state index in [4.69, 9.17) is 11.6 Å². The van der Waals surface area contributed by atoms with Gasteiger partial charge < -0.3 is 0 Å². The van der Waals surface area contributed by atoms with Crippen LogP contribution >= 0.6 is 11.6 Å². The van der Waals surface area contributed by atoms with E-state index in [0.717, 1.165) is 31.7 Å². The fourth-order valence-electron chi connectivity index (χ4n) is 5.09. The minimum absolute atomic E-state index is 0.152. The van der Waals surface area contributed by atoms with Crippen LogP contribution in [0, 0.1) is 6.92 Å². The molecule has 0 aliphatic carbocycles. The number of imide groups is 1. The molecule has 5 rings (SSSR count). The summed E-state index contributed by atoms with van der Waals surface area (Å²) in [6, 6.07) is 26.2. The average molecular weight is 474 g/mol. The van der Waals surface area contributed by atoms with E-state index in [1.54, 1.807) is 12.1 Å². The Hall–Kier alpha value is -2.99. The summed E-state index contributed by atoms with van der Waals surface area (Å²) in [5.41, 5.74) is 4.00. The summed E-state index contributed by atoms with van der Waals surface area (Å²) in [4.78, 5) is 32.0. The molecule has 2 aliphatic heterocycles. The molecule has 6 heteroatoms. The molecule has 2 aliphatic rings. The summed E-state index contributed by atoms with van der Waals surface area (Å²) in [5, 5.41) is 0.558. The SMILES string of the molecule is Cc1ccc(N2C(=O)C[C@@H](N3CCN(C(c4ccccc4)c4ccccc4)CC3)C2=O)cc1Cl. The van der Waals surface area contributed by atoms with Crippen LogP contribution in [0.3, 0.4) is 0 Å². The van der Waals surface area contributed by atoms with E-state index >= 15 is 0 Å². The van der Waals surface area contributed by atoms with Crippen LogP contribution < -0.4 is 4.90 Å². The van der Waals surface area contributed by atoms with Crippen molar-refractivity contribution < 1.29 is 9.59 Å². The Labute approximate surface area is 205 Å². The lowest BCUT2D eigenvalue weighted by atomic mass is 9.96. The van der Waals surface area contributed by atoms with Crippen molar-refractivity contribution in [1.29, 1.82) is 0 Å². The number of rotatable bonds is 5. The number of piperazine rings is 1. The van der Waals surface area contributed by atoms with Gasteiger partial charge in [0, 0.05) is 31.2 Å². The number of benzene rings is 3. The predicted molar refractivity (Wildman–Crippen MR) is 135 cm³/mol. The Kier molecular flexibility index (Phi) is 6.50. The number of amides is 2. The van der Waals surface area contributed by atoms with Gasteiger partial charge in [-0.2, -0.15) is 0 Å². The second-order valence-corrected chi connectivity index (χ2v) is 9.42. The maximum Gasteiger partial charge on any atom is 0.251 e. The summed E-state index contributed by atoms with van der Waals surface area (Å²) in [6.07, 6.45) is 0.213. The molecule has 3 aromatic carbocycles. The van der Waals surface area contributed by atoms with Crippen LogP contribution in [0.15, 0.2) is 78.9 Å². The molecule has 2 heterocycles. The van der Waals surface area contributed by atoms with Gasteiger partial charge in [0.05, 0.1) is 24.2 Å². The van der Waals surface area contributed by atoms with Crippen LogP contribution in [0.2, 0.25) is 5.02 Å². The average Bonchev–Trinajstić information content (AvgIpc) is 3.16. The maximum atomic E-state index is 13.3. The number of aryl methyl sites for hydroxylation is 1. The number of carbonyl (C=O) groups is 2. The lowest BCUT2D eigenvalue weighted by Gasteiger charge is -2.41. The van der Waals surface area contributed by atoms with Crippen molar-refractivity contribution >= 4 is 29.1 Å². The Morgan fingerprint density at radius 2 is 1.41 bits per heavy atom. The van der Waals surface area contributed by atoms with Crippen molar-refractivity contribution in [3.8, 4) is 0 Å². The van der Waals surface area contributed by atoms with Crippen LogP contribution in [0.5, 0.6) is 0 Å². The van der Waals surface area contributed by atoms with Gasteiger partial charge in [-0.15, -0.1) is 0 Å². The van der Waals surface area contributed by atoms with Crippen molar-refractivity contribution in [3.05, 3.63) is 101 Å². The highest BCUT2D eigenvalue weighted by molar-refractivity contribution is 6.32. The Balaban J connectivity index is 1.31. The van der Waals surface area contributed by atoms with Crippen LogP contribution in [-0.4, -0.2) is 53.8 Å². The fourth-order valence-corrected chi connectivity index (χ4v) is 5.26. The predicted octanol–water partition coefficient (Wildman–Crippen LogP) is 4.69. The Morgan fingerprint density at radius 3 is 1.97 bits per heavy atom. The van der Waals surface area contributed by atoms with Gasteiger partial charge in [-0.05, 0) is 35.7 Å². The minimum Gasteiger partial charge on any atom is -0.290 e. The standard InChI is InChI=1S/C28H28ClN3O2/c1-20-12-13-23(18-24(20)29)32-26(33)19-25(28(32)34)30-14-16-31(17-15-30)27(21-8-4-2-5-9-21)22-10-6-3-7-11-22/h2-13,18,25,27H,14-17,19H2,1H3/t25-/m1/s1. The van der Waals surface area contributed by atoms with Crippen LogP contribution in [-0.2, 0) is 9.59 Å². The second kappa shape index (κ2) is 9.71. The fraction of sp³-hybridized carbons (Fsp3) is 0.286. The molecule has 2 saturated heterocycles. The zero-order chi connectivity index (χ0) is 23.7. The van der Waals surface area contributed by atoms with E-state index < -0.39 is 6.04 Å². The molecule has 174 valence electrons. The van der Waals surface area contributed by atoms with Gasteiger partial charge in [-0.25, -0.2) is 4.90 Å². The highest BCUT2D eigenvalue weighted by Gasteiger charge is 2.43. The van der Waals surface area contributed by atoms with Crippen molar-refractivity contribution in [2.24, 2.45) is 0 Å². The molecule has 0 saturated carbocycles. The third-order valence-electron chi connectivity index (χ3n) is 6.92. The van der Waals surface area contributed by atoms with Gasteiger partial charge in [0.25, 0.3) is 5.91 Å². The number of hydrogen-bond acceptors (Lipinski definition) is 4. The minimum atomic E-state index is -0.415. The van der Waals surface area contributed by atoms with Crippen molar-refractivity contribution in [1.82, 2.24) is 9.80 Å². The number of nitrogens with zero attached hydrogens (tertiary/aromatic N) is 3. The monoisotopic (exact) mass is 473 g/mol. The number of hydrogen-bond donors (Lipinski definition) is 0. The zero-order valence-electron chi connectivity index (χ0n) is 19.2. The van der Waals surface area contributed by atoms with Gasteiger partial charge >= 0.3 is 0 Å². The molecule has 3 aromatic rings. The van der Waals surface area contributed by atoms with E-state index in [0.29, 0.717) is 10.7 Å².